The molecule has 0 saturated carbocycles. The minimum atomic E-state index is 0.103. The smallest absolute Gasteiger partial charge is 0.205 e. The van der Waals surface area contributed by atoms with Gasteiger partial charge < -0.3 is 15.7 Å². The first-order valence-corrected chi connectivity index (χ1v) is 11.7. The molecule has 6 rings (SSSR count). The summed E-state index contributed by atoms with van der Waals surface area (Å²) in [7, 11) is 0. The van der Waals surface area contributed by atoms with E-state index in [9.17, 15) is 5.11 Å². The summed E-state index contributed by atoms with van der Waals surface area (Å²) in [6, 6.07) is 22.9. The summed E-state index contributed by atoms with van der Waals surface area (Å²) in [5.41, 5.74) is 6.81. The van der Waals surface area contributed by atoms with Crippen LogP contribution < -0.4 is 10.6 Å². The van der Waals surface area contributed by atoms with Crippen LogP contribution in [0.25, 0.3) is 27.4 Å². The molecule has 0 bridgehead atoms. The van der Waals surface area contributed by atoms with Crippen molar-refractivity contribution in [2.75, 3.05) is 11.9 Å². The zero-order chi connectivity index (χ0) is 23.3. The van der Waals surface area contributed by atoms with Gasteiger partial charge in [-0.2, -0.15) is 0 Å². The van der Waals surface area contributed by atoms with Crippen LogP contribution in [-0.4, -0.2) is 21.2 Å². The molecular formula is C29H28N4O. The number of fused-ring (bicyclic) bond motifs is 3. The lowest BCUT2D eigenvalue weighted by atomic mass is 9.79. The Balaban J connectivity index is 1.34. The van der Waals surface area contributed by atoms with Gasteiger partial charge in [0.15, 0.2) is 0 Å². The molecule has 34 heavy (non-hydrogen) atoms. The summed E-state index contributed by atoms with van der Waals surface area (Å²) >= 11 is 0. The van der Waals surface area contributed by atoms with Gasteiger partial charge >= 0.3 is 0 Å². The average Bonchev–Trinajstić information content (AvgIpc) is 3.19. The Morgan fingerprint density at radius 3 is 2.82 bits per heavy atom. The highest BCUT2D eigenvalue weighted by molar-refractivity contribution is 5.99. The highest BCUT2D eigenvalue weighted by Crippen LogP contribution is 2.37. The molecule has 1 aliphatic rings. The fraction of sp³-hybridized carbons (Fsp3) is 0.207. The molecule has 3 heterocycles. The Bertz CT molecular complexity index is 1530. The molecular weight excluding hydrogens is 420 g/mol. The molecule has 0 fully saturated rings. The fourth-order valence-corrected chi connectivity index (χ4v) is 5.17. The Morgan fingerprint density at radius 2 is 1.91 bits per heavy atom. The van der Waals surface area contributed by atoms with Crippen molar-refractivity contribution in [1.82, 2.24) is 14.9 Å². The number of aromatic nitrogens is 2. The van der Waals surface area contributed by atoms with Crippen molar-refractivity contribution in [1.29, 1.82) is 0 Å². The number of rotatable bonds is 4. The SMILES string of the molecule is CC1(C)CNCc2cc(-n3cc4cccc(NCc5ccc6ncccc6c5)c4c3O)ccc21. The second kappa shape index (κ2) is 7.89. The van der Waals surface area contributed by atoms with E-state index in [-0.39, 0.29) is 11.3 Å². The Hall–Kier alpha value is -3.83. The molecule has 0 amide bonds. The highest BCUT2D eigenvalue weighted by Gasteiger charge is 2.27. The molecule has 3 N–H and O–H groups in total. The molecule has 0 atom stereocenters. The second-order valence-electron chi connectivity index (χ2n) is 9.81. The van der Waals surface area contributed by atoms with Crippen LogP contribution in [0.5, 0.6) is 5.88 Å². The summed E-state index contributed by atoms with van der Waals surface area (Å²) in [5.74, 6) is 0.254. The maximum absolute atomic E-state index is 11.3. The van der Waals surface area contributed by atoms with Crippen LogP contribution >= 0.6 is 0 Å². The number of benzene rings is 3. The molecule has 0 radical (unpaired) electrons. The van der Waals surface area contributed by atoms with Crippen molar-refractivity contribution >= 4 is 27.4 Å². The number of hydrogen-bond donors (Lipinski definition) is 3. The molecule has 0 unspecified atom stereocenters. The van der Waals surface area contributed by atoms with Crippen LogP contribution in [0, 0.1) is 0 Å². The predicted molar refractivity (Wildman–Crippen MR) is 139 cm³/mol. The maximum Gasteiger partial charge on any atom is 0.205 e. The molecule has 0 aliphatic carbocycles. The first-order valence-electron chi connectivity index (χ1n) is 11.7. The average molecular weight is 449 g/mol. The van der Waals surface area contributed by atoms with E-state index in [4.69, 9.17) is 0 Å². The van der Waals surface area contributed by atoms with Gasteiger partial charge in [-0.3, -0.25) is 9.55 Å². The number of anilines is 1. The molecule has 0 saturated heterocycles. The number of nitrogens with one attached hydrogen (secondary N) is 2. The fourth-order valence-electron chi connectivity index (χ4n) is 5.17. The third-order valence-electron chi connectivity index (χ3n) is 6.95. The number of hydrogen-bond acceptors (Lipinski definition) is 4. The van der Waals surface area contributed by atoms with Crippen LogP contribution in [0.2, 0.25) is 0 Å². The van der Waals surface area contributed by atoms with E-state index in [1.54, 1.807) is 0 Å². The van der Waals surface area contributed by atoms with Crippen molar-refractivity contribution < 1.29 is 5.11 Å². The van der Waals surface area contributed by atoms with Crippen LogP contribution in [0.3, 0.4) is 0 Å². The van der Waals surface area contributed by atoms with Crippen LogP contribution in [0.4, 0.5) is 5.69 Å². The summed E-state index contributed by atoms with van der Waals surface area (Å²) in [4.78, 5) is 4.40. The van der Waals surface area contributed by atoms with Gasteiger partial charge in [0.05, 0.1) is 10.9 Å². The molecule has 3 aromatic carbocycles. The first kappa shape index (κ1) is 20.8. The van der Waals surface area contributed by atoms with Gasteiger partial charge in [-0.25, -0.2) is 0 Å². The first-order chi connectivity index (χ1) is 16.5. The van der Waals surface area contributed by atoms with E-state index in [2.05, 4.69) is 65.9 Å². The molecule has 2 aromatic heterocycles. The van der Waals surface area contributed by atoms with E-state index in [0.29, 0.717) is 6.54 Å². The maximum atomic E-state index is 11.3. The number of pyridine rings is 1. The van der Waals surface area contributed by atoms with Gasteiger partial charge in [0.1, 0.15) is 0 Å². The van der Waals surface area contributed by atoms with E-state index in [1.807, 2.05) is 47.3 Å². The van der Waals surface area contributed by atoms with E-state index < -0.39 is 0 Å². The quantitative estimate of drug-likeness (QED) is 0.321. The Kier molecular flexibility index (Phi) is 4.82. The van der Waals surface area contributed by atoms with Crippen LogP contribution in [-0.2, 0) is 18.5 Å². The van der Waals surface area contributed by atoms with Gasteiger partial charge in [0.25, 0.3) is 0 Å². The minimum Gasteiger partial charge on any atom is -0.494 e. The van der Waals surface area contributed by atoms with Crippen LogP contribution in [0.15, 0.2) is 79.1 Å². The molecule has 5 nitrogen and oxygen atoms in total. The zero-order valence-electron chi connectivity index (χ0n) is 19.5. The molecule has 5 aromatic rings. The number of nitrogens with zero attached hydrogens (tertiary/aromatic N) is 2. The topological polar surface area (TPSA) is 62.1 Å². The summed E-state index contributed by atoms with van der Waals surface area (Å²) in [6.45, 7) is 7.02. The Morgan fingerprint density at radius 1 is 1.03 bits per heavy atom. The van der Waals surface area contributed by atoms with Gasteiger partial charge in [-0.15, -0.1) is 0 Å². The summed E-state index contributed by atoms with van der Waals surface area (Å²) in [5, 5.41) is 21.3. The summed E-state index contributed by atoms with van der Waals surface area (Å²) in [6.07, 6.45) is 3.83. The van der Waals surface area contributed by atoms with Gasteiger partial charge in [0, 0.05) is 59.6 Å². The van der Waals surface area contributed by atoms with E-state index in [0.717, 1.165) is 46.1 Å². The normalized spacial score (nSPS) is 14.9. The Labute approximate surface area is 199 Å². The second-order valence-corrected chi connectivity index (χ2v) is 9.81. The van der Waals surface area contributed by atoms with Crippen molar-refractivity contribution in [3.63, 3.8) is 0 Å². The van der Waals surface area contributed by atoms with Gasteiger partial charge in [-0.05, 0) is 53.1 Å². The lowest BCUT2D eigenvalue weighted by Gasteiger charge is -2.33. The zero-order valence-corrected chi connectivity index (χ0v) is 19.5. The molecule has 170 valence electrons. The van der Waals surface area contributed by atoms with Crippen LogP contribution in [0.1, 0.15) is 30.5 Å². The monoisotopic (exact) mass is 448 g/mol. The lowest BCUT2D eigenvalue weighted by Crippen LogP contribution is -2.38. The largest absolute Gasteiger partial charge is 0.494 e. The lowest BCUT2D eigenvalue weighted by molar-refractivity contribution is 0.434. The minimum absolute atomic E-state index is 0.103. The summed E-state index contributed by atoms with van der Waals surface area (Å²) < 4.78 is 1.89. The highest BCUT2D eigenvalue weighted by atomic mass is 16.3. The molecule has 1 aliphatic heterocycles. The molecule has 5 heteroatoms. The van der Waals surface area contributed by atoms with E-state index in [1.165, 1.54) is 16.7 Å². The van der Waals surface area contributed by atoms with Gasteiger partial charge in [0.2, 0.25) is 5.88 Å². The standard InChI is InChI=1S/C29H28N4O/c1-29(2)18-30-16-22-14-23(9-10-24(22)29)33-17-21-5-3-7-26(27(21)28(33)34)32-15-19-8-11-25-20(13-19)6-4-12-31-25/h3-14,17,30,32,34H,15-16,18H2,1-2H3. The van der Waals surface area contributed by atoms with Crippen molar-refractivity contribution in [2.24, 2.45) is 0 Å². The third kappa shape index (κ3) is 3.49. The third-order valence-corrected chi connectivity index (χ3v) is 6.95. The molecule has 0 spiro atoms. The van der Waals surface area contributed by atoms with Crippen molar-refractivity contribution in [3.05, 3.63) is 95.8 Å². The van der Waals surface area contributed by atoms with E-state index >= 15 is 0 Å². The number of aromatic hydroxyl groups is 1. The van der Waals surface area contributed by atoms with Crippen molar-refractivity contribution in [3.8, 4) is 11.6 Å². The predicted octanol–water partition coefficient (Wildman–Crippen LogP) is 5.88. The van der Waals surface area contributed by atoms with Gasteiger partial charge in [-0.1, -0.05) is 44.2 Å². The van der Waals surface area contributed by atoms with Crippen molar-refractivity contribution in [2.45, 2.75) is 32.4 Å².